The lowest BCUT2D eigenvalue weighted by Gasteiger charge is -2.38. The molecule has 0 spiro atoms. The zero-order valence-corrected chi connectivity index (χ0v) is 7.44. The summed E-state index contributed by atoms with van der Waals surface area (Å²) in [6.07, 6.45) is 0.747. The van der Waals surface area contributed by atoms with Gasteiger partial charge in [-0.1, -0.05) is 20.8 Å². The maximum absolute atomic E-state index is 9.77. The molecule has 0 saturated carbocycles. The molecule has 0 heterocycles. The fourth-order valence-electron chi connectivity index (χ4n) is 0.698. The van der Waals surface area contributed by atoms with Crippen LogP contribution in [0.25, 0.3) is 0 Å². The van der Waals surface area contributed by atoms with Gasteiger partial charge in [0.2, 0.25) is 0 Å². The molecule has 0 aromatic rings. The lowest BCUT2D eigenvalue weighted by molar-refractivity contribution is -0.0489. The van der Waals surface area contributed by atoms with E-state index in [2.05, 4.69) is 0 Å². The van der Waals surface area contributed by atoms with Crippen molar-refractivity contribution < 1.29 is 5.11 Å². The number of hydrogen-bond acceptors (Lipinski definition) is 2. The van der Waals surface area contributed by atoms with Crippen LogP contribution in [0.2, 0.25) is 0 Å². The minimum atomic E-state index is -0.637. The van der Waals surface area contributed by atoms with E-state index in [9.17, 15) is 5.11 Å². The summed E-state index contributed by atoms with van der Waals surface area (Å²) in [7, 11) is 0. The van der Waals surface area contributed by atoms with Crippen LogP contribution in [0.4, 0.5) is 0 Å². The molecule has 0 aliphatic carbocycles. The summed E-state index contributed by atoms with van der Waals surface area (Å²) in [5, 5.41) is 9.77. The molecule has 0 rings (SSSR count). The molecule has 2 nitrogen and oxygen atoms in total. The molecule has 0 fully saturated rings. The van der Waals surface area contributed by atoms with Crippen LogP contribution in [-0.2, 0) is 0 Å². The monoisotopic (exact) mass is 145 g/mol. The van der Waals surface area contributed by atoms with Crippen molar-refractivity contribution in [3.8, 4) is 0 Å². The molecule has 3 N–H and O–H groups in total. The van der Waals surface area contributed by atoms with Crippen LogP contribution in [-0.4, -0.2) is 17.3 Å². The molecule has 0 bridgehead atoms. The molecule has 0 amide bonds. The van der Waals surface area contributed by atoms with E-state index in [4.69, 9.17) is 5.73 Å². The average molecular weight is 145 g/mol. The van der Waals surface area contributed by atoms with Crippen molar-refractivity contribution in [2.45, 2.75) is 39.7 Å². The predicted molar refractivity (Wildman–Crippen MR) is 43.8 cm³/mol. The van der Waals surface area contributed by atoms with E-state index in [1.165, 1.54) is 0 Å². The molecule has 0 aromatic carbocycles. The SMILES string of the molecule is CCC(C)(O)C(C)(C)CN. The Labute approximate surface area is 63.4 Å². The van der Waals surface area contributed by atoms with E-state index >= 15 is 0 Å². The van der Waals surface area contributed by atoms with Crippen molar-refractivity contribution in [2.24, 2.45) is 11.1 Å². The largest absolute Gasteiger partial charge is 0.390 e. The Hall–Kier alpha value is -0.0800. The lowest BCUT2D eigenvalue weighted by Crippen LogP contribution is -2.46. The van der Waals surface area contributed by atoms with Gasteiger partial charge >= 0.3 is 0 Å². The second-order valence-electron chi connectivity index (χ2n) is 3.72. The summed E-state index contributed by atoms with van der Waals surface area (Å²) in [4.78, 5) is 0. The second kappa shape index (κ2) is 2.89. The highest BCUT2D eigenvalue weighted by Gasteiger charge is 2.36. The highest BCUT2D eigenvalue weighted by atomic mass is 16.3. The van der Waals surface area contributed by atoms with Gasteiger partial charge in [-0.25, -0.2) is 0 Å². The maximum atomic E-state index is 9.77. The minimum absolute atomic E-state index is 0.179. The summed E-state index contributed by atoms with van der Waals surface area (Å²) < 4.78 is 0. The van der Waals surface area contributed by atoms with Gasteiger partial charge in [0.05, 0.1) is 5.60 Å². The average Bonchev–Trinajstić information content (AvgIpc) is 1.88. The molecule has 1 unspecified atom stereocenters. The third-order valence-corrected chi connectivity index (χ3v) is 2.66. The molecule has 0 aliphatic rings. The van der Waals surface area contributed by atoms with Gasteiger partial charge in [-0.15, -0.1) is 0 Å². The van der Waals surface area contributed by atoms with Crippen LogP contribution >= 0.6 is 0 Å². The first-order valence-corrected chi connectivity index (χ1v) is 3.80. The van der Waals surface area contributed by atoms with Gasteiger partial charge < -0.3 is 10.8 Å². The Morgan fingerprint density at radius 3 is 1.80 bits per heavy atom. The van der Waals surface area contributed by atoms with E-state index < -0.39 is 5.60 Å². The number of aliphatic hydroxyl groups is 1. The topological polar surface area (TPSA) is 46.2 Å². The van der Waals surface area contributed by atoms with Gasteiger partial charge in [-0.05, 0) is 13.3 Å². The Kier molecular flexibility index (Phi) is 2.86. The Bertz CT molecular complexity index is 93.8. The van der Waals surface area contributed by atoms with Crippen molar-refractivity contribution in [1.82, 2.24) is 0 Å². The number of hydrogen-bond donors (Lipinski definition) is 2. The quantitative estimate of drug-likeness (QED) is 0.625. The van der Waals surface area contributed by atoms with Crippen molar-refractivity contribution in [2.75, 3.05) is 6.54 Å². The Morgan fingerprint density at radius 1 is 1.30 bits per heavy atom. The van der Waals surface area contributed by atoms with Gasteiger partial charge in [0, 0.05) is 12.0 Å². The zero-order valence-electron chi connectivity index (χ0n) is 7.44. The maximum Gasteiger partial charge on any atom is 0.0679 e. The molecule has 1 atom stereocenters. The number of rotatable bonds is 3. The molecule has 0 aromatic heterocycles. The molecule has 62 valence electrons. The zero-order chi connectivity index (χ0) is 8.41. The Balaban J connectivity index is 4.28. The van der Waals surface area contributed by atoms with Crippen LogP contribution in [0.15, 0.2) is 0 Å². The normalized spacial score (nSPS) is 18.6. The van der Waals surface area contributed by atoms with E-state index in [0.29, 0.717) is 6.54 Å². The third kappa shape index (κ3) is 1.70. The minimum Gasteiger partial charge on any atom is -0.390 e. The summed E-state index contributed by atoms with van der Waals surface area (Å²) in [5.74, 6) is 0. The summed E-state index contributed by atoms with van der Waals surface area (Å²) in [5.41, 5.74) is 4.69. The van der Waals surface area contributed by atoms with Crippen LogP contribution < -0.4 is 5.73 Å². The highest BCUT2D eigenvalue weighted by molar-refractivity contribution is 4.88. The smallest absolute Gasteiger partial charge is 0.0679 e. The predicted octanol–water partition coefficient (Wildman–Crippen LogP) is 1.13. The van der Waals surface area contributed by atoms with E-state index in [-0.39, 0.29) is 5.41 Å². The molecule has 10 heavy (non-hydrogen) atoms. The van der Waals surface area contributed by atoms with Crippen LogP contribution in [0.3, 0.4) is 0 Å². The van der Waals surface area contributed by atoms with Crippen molar-refractivity contribution in [3.05, 3.63) is 0 Å². The highest BCUT2D eigenvalue weighted by Crippen LogP contribution is 2.31. The first-order chi connectivity index (χ1) is 4.37. The van der Waals surface area contributed by atoms with Crippen molar-refractivity contribution >= 4 is 0 Å². The van der Waals surface area contributed by atoms with E-state index in [1.807, 2.05) is 27.7 Å². The molecule has 0 saturated heterocycles. The van der Waals surface area contributed by atoms with Crippen molar-refractivity contribution in [3.63, 3.8) is 0 Å². The van der Waals surface area contributed by atoms with Crippen LogP contribution in [0, 0.1) is 5.41 Å². The molecule has 2 heteroatoms. The number of nitrogens with two attached hydrogens (primary N) is 1. The molecule has 0 radical (unpaired) electrons. The first-order valence-electron chi connectivity index (χ1n) is 3.80. The second-order valence-corrected chi connectivity index (χ2v) is 3.72. The van der Waals surface area contributed by atoms with Gasteiger partial charge in [0.15, 0.2) is 0 Å². The fraction of sp³-hybridized carbons (Fsp3) is 1.00. The molecular formula is C8H19NO. The summed E-state index contributed by atoms with van der Waals surface area (Å²) >= 11 is 0. The first kappa shape index (κ1) is 9.92. The standard InChI is InChI=1S/C8H19NO/c1-5-8(4,10)7(2,3)6-9/h10H,5-6,9H2,1-4H3. The lowest BCUT2D eigenvalue weighted by atomic mass is 9.74. The van der Waals surface area contributed by atoms with Crippen LogP contribution in [0.1, 0.15) is 34.1 Å². The summed E-state index contributed by atoms with van der Waals surface area (Å²) in [6.45, 7) is 8.29. The third-order valence-electron chi connectivity index (χ3n) is 2.66. The summed E-state index contributed by atoms with van der Waals surface area (Å²) in [6, 6.07) is 0. The molecular weight excluding hydrogens is 126 g/mol. The Morgan fingerprint density at radius 2 is 1.70 bits per heavy atom. The van der Waals surface area contributed by atoms with Crippen molar-refractivity contribution in [1.29, 1.82) is 0 Å². The van der Waals surface area contributed by atoms with Gasteiger partial charge in [0.1, 0.15) is 0 Å². The van der Waals surface area contributed by atoms with Gasteiger partial charge in [-0.2, -0.15) is 0 Å². The van der Waals surface area contributed by atoms with E-state index in [1.54, 1.807) is 0 Å². The fourth-order valence-corrected chi connectivity index (χ4v) is 0.698. The van der Waals surface area contributed by atoms with Gasteiger partial charge in [-0.3, -0.25) is 0 Å². The van der Waals surface area contributed by atoms with Gasteiger partial charge in [0.25, 0.3) is 0 Å². The van der Waals surface area contributed by atoms with Crippen LogP contribution in [0.5, 0.6) is 0 Å². The van der Waals surface area contributed by atoms with E-state index in [0.717, 1.165) is 6.42 Å². The molecule has 0 aliphatic heterocycles.